The summed E-state index contributed by atoms with van der Waals surface area (Å²) in [5, 5.41) is 21.9. The summed E-state index contributed by atoms with van der Waals surface area (Å²) < 4.78 is 5.06. The minimum absolute atomic E-state index is 0.204. The number of aliphatic carboxylic acids is 1. The Balaban J connectivity index is 2.40. The van der Waals surface area contributed by atoms with E-state index in [0.29, 0.717) is 19.3 Å². The van der Waals surface area contributed by atoms with Crippen LogP contribution in [0.25, 0.3) is 0 Å². The Bertz CT molecular complexity index is 349. The Labute approximate surface area is 113 Å². The Kier molecular flexibility index (Phi) is 4.79. The van der Waals surface area contributed by atoms with Gasteiger partial charge < -0.3 is 20.3 Å². The monoisotopic (exact) mass is 273 g/mol. The van der Waals surface area contributed by atoms with Crippen LogP contribution in [0.2, 0.25) is 0 Å². The molecule has 3 N–H and O–H groups in total. The van der Waals surface area contributed by atoms with Gasteiger partial charge in [-0.25, -0.2) is 4.79 Å². The van der Waals surface area contributed by atoms with Crippen LogP contribution in [0.4, 0.5) is 4.79 Å². The quantitative estimate of drug-likeness (QED) is 0.721. The zero-order valence-electron chi connectivity index (χ0n) is 11.7. The number of rotatable bonds is 4. The molecule has 1 rings (SSSR count). The molecule has 1 amide bonds. The highest BCUT2D eigenvalue weighted by Gasteiger charge is 2.45. The van der Waals surface area contributed by atoms with Gasteiger partial charge in [0.05, 0.1) is 11.5 Å². The first-order chi connectivity index (χ1) is 8.64. The van der Waals surface area contributed by atoms with E-state index >= 15 is 0 Å². The van der Waals surface area contributed by atoms with Crippen molar-refractivity contribution in [3.8, 4) is 0 Å². The topological polar surface area (TPSA) is 95.9 Å². The second-order valence-corrected chi connectivity index (χ2v) is 6.07. The number of ether oxygens (including phenoxy) is 1. The number of carbonyl (C=O) groups excluding carboxylic acids is 1. The van der Waals surface area contributed by atoms with E-state index in [4.69, 9.17) is 9.84 Å². The number of aliphatic hydroxyl groups is 1. The van der Waals surface area contributed by atoms with Crippen molar-refractivity contribution in [2.24, 2.45) is 5.92 Å². The van der Waals surface area contributed by atoms with E-state index in [0.717, 1.165) is 0 Å². The lowest BCUT2D eigenvalue weighted by Gasteiger charge is -2.27. The van der Waals surface area contributed by atoms with E-state index in [1.807, 2.05) is 0 Å². The van der Waals surface area contributed by atoms with Gasteiger partial charge in [-0.3, -0.25) is 4.79 Å². The minimum Gasteiger partial charge on any atom is -0.481 e. The lowest BCUT2D eigenvalue weighted by atomic mass is 9.88. The molecular formula is C13H23NO5. The van der Waals surface area contributed by atoms with E-state index < -0.39 is 29.2 Å². The van der Waals surface area contributed by atoms with Crippen LogP contribution in [0.5, 0.6) is 0 Å². The van der Waals surface area contributed by atoms with E-state index in [-0.39, 0.29) is 13.0 Å². The van der Waals surface area contributed by atoms with Gasteiger partial charge in [-0.15, -0.1) is 0 Å². The highest BCUT2D eigenvalue weighted by atomic mass is 16.6. The molecule has 6 heteroatoms. The lowest BCUT2D eigenvalue weighted by molar-refractivity contribution is -0.150. The van der Waals surface area contributed by atoms with E-state index in [9.17, 15) is 14.7 Å². The molecule has 1 fully saturated rings. The van der Waals surface area contributed by atoms with Gasteiger partial charge in [-0.2, -0.15) is 0 Å². The summed E-state index contributed by atoms with van der Waals surface area (Å²) in [6.45, 7) is 5.49. The zero-order chi connectivity index (χ0) is 14.7. The molecule has 0 heterocycles. The molecule has 0 bridgehead atoms. The predicted octanol–water partition coefficient (Wildman–Crippen LogP) is 1.52. The fourth-order valence-electron chi connectivity index (χ4n) is 2.40. The molecule has 0 radical (unpaired) electrons. The fourth-order valence-corrected chi connectivity index (χ4v) is 2.40. The third-order valence-corrected chi connectivity index (χ3v) is 3.28. The molecule has 2 unspecified atom stereocenters. The van der Waals surface area contributed by atoms with Crippen molar-refractivity contribution in [2.75, 3.05) is 6.54 Å². The Hall–Kier alpha value is -1.30. The first-order valence-electron chi connectivity index (χ1n) is 6.56. The molecule has 110 valence electrons. The Morgan fingerprint density at radius 3 is 2.58 bits per heavy atom. The van der Waals surface area contributed by atoms with Gasteiger partial charge >= 0.3 is 12.1 Å². The molecular weight excluding hydrogens is 250 g/mol. The van der Waals surface area contributed by atoms with Crippen LogP contribution in [0.3, 0.4) is 0 Å². The van der Waals surface area contributed by atoms with E-state index in [2.05, 4.69) is 5.32 Å². The summed E-state index contributed by atoms with van der Waals surface area (Å²) in [5.74, 6) is -1.72. The first kappa shape index (κ1) is 15.8. The standard InChI is InChI=1S/C13H23NO5/c1-12(2,3)19-11(17)14-8-7-13(18)6-4-5-9(13)10(15)16/h9,18H,4-8H2,1-3H3,(H,14,17)(H,15,16). The molecule has 1 aliphatic rings. The molecule has 6 nitrogen and oxygen atoms in total. The molecule has 1 aliphatic carbocycles. The van der Waals surface area contributed by atoms with Gasteiger partial charge in [-0.05, 0) is 46.5 Å². The second kappa shape index (κ2) is 5.77. The number of nitrogens with one attached hydrogen (secondary N) is 1. The van der Waals surface area contributed by atoms with Gasteiger partial charge in [0.2, 0.25) is 0 Å². The molecule has 0 aliphatic heterocycles. The van der Waals surface area contributed by atoms with Crippen LogP contribution in [-0.4, -0.2) is 40.0 Å². The second-order valence-electron chi connectivity index (χ2n) is 6.07. The van der Waals surface area contributed by atoms with Gasteiger partial charge in [0.15, 0.2) is 0 Å². The molecule has 0 aromatic rings. The minimum atomic E-state index is -1.22. The average Bonchev–Trinajstić information content (AvgIpc) is 2.57. The summed E-state index contributed by atoms with van der Waals surface area (Å²) >= 11 is 0. The number of carboxylic acid groups (broad SMARTS) is 1. The number of hydrogen-bond acceptors (Lipinski definition) is 4. The van der Waals surface area contributed by atoms with Gasteiger partial charge in [-0.1, -0.05) is 0 Å². The van der Waals surface area contributed by atoms with Crippen molar-refractivity contribution in [3.05, 3.63) is 0 Å². The Morgan fingerprint density at radius 1 is 1.42 bits per heavy atom. The van der Waals surface area contributed by atoms with Crippen molar-refractivity contribution in [1.82, 2.24) is 5.32 Å². The predicted molar refractivity (Wildman–Crippen MR) is 68.8 cm³/mol. The Morgan fingerprint density at radius 2 is 2.05 bits per heavy atom. The van der Waals surface area contributed by atoms with Crippen molar-refractivity contribution >= 4 is 12.1 Å². The first-order valence-corrected chi connectivity index (χ1v) is 6.56. The van der Waals surface area contributed by atoms with Crippen LogP contribution in [0.15, 0.2) is 0 Å². The summed E-state index contributed by atoms with van der Waals surface area (Å²) in [5.41, 5.74) is -1.79. The van der Waals surface area contributed by atoms with Crippen molar-refractivity contribution in [2.45, 2.75) is 57.7 Å². The van der Waals surface area contributed by atoms with E-state index in [1.165, 1.54) is 0 Å². The number of carbonyl (C=O) groups is 2. The van der Waals surface area contributed by atoms with Gasteiger partial charge in [0.25, 0.3) is 0 Å². The van der Waals surface area contributed by atoms with Crippen LogP contribution in [-0.2, 0) is 9.53 Å². The lowest BCUT2D eigenvalue weighted by Crippen LogP contribution is -2.42. The van der Waals surface area contributed by atoms with Crippen LogP contribution in [0.1, 0.15) is 46.5 Å². The molecule has 2 atom stereocenters. The molecule has 19 heavy (non-hydrogen) atoms. The maximum Gasteiger partial charge on any atom is 0.407 e. The molecule has 0 aromatic carbocycles. The smallest absolute Gasteiger partial charge is 0.407 e. The zero-order valence-corrected chi connectivity index (χ0v) is 11.7. The fraction of sp³-hybridized carbons (Fsp3) is 0.846. The highest BCUT2D eigenvalue weighted by Crippen LogP contribution is 2.38. The molecule has 1 saturated carbocycles. The van der Waals surface area contributed by atoms with Crippen molar-refractivity contribution in [3.63, 3.8) is 0 Å². The largest absolute Gasteiger partial charge is 0.481 e. The number of carboxylic acids is 1. The molecule has 0 saturated heterocycles. The SMILES string of the molecule is CC(C)(C)OC(=O)NCCC1(O)CCCC1C(=O)O. The van der Waals surface area contributed by atoms with Gasteiger partial charge in [0.1, 0.15) is 5.60 Å². The number of amides is 1. The maximum absolute atomic E-state index is 11.4. The van der Waals surface area contributed by atoms with Crippen LogP contribution >= 0.6 is 0 Å². The molecule has 0 aromatic heterocycles. The summed E-state index contributed by atoms with van der Waals surface area (Å²) in [4.78, 5) is 22.5. The maximum atomic E-state index is 11.4. The van der Waals surface area contributed by atoms with Crippen molar-refractivity contribution in [1.29, 1.82) is 0 Å². The third-order valence-electron chi connectivity index (χ3n) is 3.28. The number of alkyl carbamates (subject to hydrolysis) is 1. The van der Waals surface area contributed by atoms with Crippen molar-refractivity contribution < 1.29 is 24.5 Å². The van der Waals surface area contributed by atoms with Crippen LogP contribution in [0, 0.1) is 5.92 Å². The van der Waals surface area contributed by atoms with Crippen LogP contribution < -0.4 is 5.32 Å². The molecule has 0 spiro atoms. The van der Waals surface area contributed by atoms with Gasteiger partial charge in [0, 0.05) is 6.54 Å². The third kappa shape index (κ3) is 4.70. The average molecular weight is 273 g/mol. The summed E-state index contributed by atoms with van der Waals surface area (Å²) in [6.07, 6.45) is 1.31. The highest BCUT2D eigenvalue weighted by molar-refractivity contribution is 5.72. The summed E-state index contributed by atoms with van der Waals surface area (Å²) in [7, 11) is 0. The normalized spacial score (nSPS) is 27.1. The van der Waals surface area contributed by atoms with E-state index in [1.54, 1.807) is 20.8 Å². The summed E-state index contributed by atoms with van der Waals surface area (Å²) in [6, 6.07) is 0. The number of hydrogen-bond donors (Lipinski definition) is 3.